The van der Waals surface area contributed by atoms with Gasteiger partial charge in [0.1, 0.15) is 5.75 Å². The lowest BCUT2D eigenvalue weighted by Crippen LogP contribution is -2.11. The molecule has 0 aliphatic rings. The number of halogens is 3. The Morgan fingerprint density at radius 3 is 2.32 bits per heavy atom. The van der Waals surface area contributed by atoms with Gasteiger partial charge in [0.15, 0.2) is 11.0 Å². The molecule has 0 radical (unpaired) electrons. The minimum Gasteiger partial charge on any atom is -0.497 e. The maximum absolute atomic E-state index is 13.4. The van der Waals surface area contributed by atoms with Crippen molar-refractivity contribution in [3.05, 3.63) is 65.9 Å². The zero-order chi connectivity index (χ0) is 24.5. The molecule has 4 rings (SSSR count). The molecule has 0 unspecified atom stereocenters. The summed E-state index contributed by atoms with van der Waals surface area (Å²) in [5.41, 5.74) is -0.100. The highest BCUT2D eigenvalue weighted by Crippen LogP contribution is 2.34. The van der Waals surface area contributed by atoms with Gasteiger partial charge < -0.3 is 9.15 Å². The van der Waals surface area contributed by atoms with Crippen LogP contribution in [0.25, 0.3) is 17.1 Å². The van der Waals surface area contributed by atoms with Crippen molar-refractivity contribution in [3.63, 3.8) is 0 Å². The predicted molar refractivity (Wildman–Crippen MR) is 121 cm³/mol. The van der Waals surface area contributed by atoms with Gasteiger partial charge in [0.25, 0.3) is 0 Å². The second-order valence-corrected chi connectivity index (χ2v) is 9.40. The van der Waals surface area contributed by atoms with Gasteiger partial charge in [-0.1, -0.05) is 38.6 Å². The molecular weight excluding hydrogens is 467 g/mol. The quantitative estimate of drug-likeness (QED) is 0.310. The Labute approximate surface area is 198 Å². The van der Waals surface area contributed by atoms with E-state index in [9.17, 15) is 13.2 Å². The molecule has 2 aromatic carbocycles. The molecule has 2 aromatic heterocycles. The van der Waals surface area contributed by atoms with Crippen LogP contribution in [0.1, 0.15) is 38.1 Å². The maximum atomic E-state index is 13.4. The largest absolute Gasteiger partial charge is 0.497 e. The van der Waals surface area contributed by atoms with E-state index >= 15 is 0 Å². The summed E-state index contributed by atoms with van der Waals surface area (Å²) >= 11 is 1.24. The third-order valence-corrected chi connectivity index (χ3v) is 5.76. The van der Waals surface area contributed by atoms with Crippen molar-refractivity contribution in [2.75, 3.05) is 7.11 Å². The fraction of sp³-hybridized carbons (Fsp3) is 0.304. The van der Waals surface area contributed by atoms with Gasteiger partial charge in [-0.3, -0.25) is 4.57 Å². The lowest BCUT2D eigenvalue weighted by atomic mass is 9.97. The Bertz CT molecular complexity index is 1280. The summed E-state index contributed by atoms with van der Waals surface area (Å²) < 4.78 is 52.7. The van der Waals surface area contributed by atoms with Gasteiger partial charge >= 0.3 is 6.18 Å². The van der Waals surface area contributed by atoms with Crippen molar-refractivity contribution < 1.29 is 22.3 Å². The number of ether oxygens (including phenoxy) is 1. The number of hydrogen-bond donors (Lipinski definition) is 0. The normalized spacial score (nSPS) is 12.2. The van der Waals surface area contributed by atoms with Crippen LogP contribution >= 0.6 is 11.8 Å². The smallest absolute Gasteiger partial charge is 0.416 e. The summed E-state index contributed by atoms with van der Waals surface area (Å²) in [6.07, 6.45) is -4.48. The Morgan fingerprint density at radius 2 is 1.71 bits per heavy atom. The van der Waals surface area contributed by atoms with Crippen LogP contribution in [0, 0.1) is 0 Å². The second-order valence-electron chi connectivity index (χ2n) is 8.46. The molecule has 0 amide bonds. The summed E-state index contributed by atoms with van der Waals surface area (Å²) in [7, 11) is 1.55. The van der Waals surface area contributed by atoms with Crippen LogP contribution in [-0.2, 0) is 17.3 Å². The molecule has 0 bridgehead atoms. The first-order valence-corrected chi connectivity index (χ1v) is 11.3. The highest BCUT2D eigenvalue weighted by molar-refractivity contribution is 7.98. The van der Waals surface area contributed by atoms with E-state index in [4.69, 9.17) is 9.15 Å². The zero-order valence-corrected chi connectivity index (χ0v) is 19.7. The van der Waals surface area contributed by atoms with E-state index < -0.39 is 11.7 Å². The fourth-order valence-corrected chi connectivity index (χ4v) is 3.87. The number of aromatic nitrogens is 5. The number of rotatable bonds is 6. The lowest BCUT2D eigenvalue weighted by Gasteiger charge is -2.13. The molecule has 4 aromatic rings. The van der Waals surface area contributed by atoms with Crippen LogP contribution in [-0.4, -0.2) is 32.1 Å². The van der Waals surface area contributed by atoms with Crippen LogP contribution < -0.4 is 4.74 Å². The SMILES string of the molecule is COc1ccc(-c2nnc(SCc3nnc(C(C)(C)C)o3)n2-c2cccc(C(F)(F)F)c2)cc1. The standard InChI is InChI=1S/C23H22F3N5O2S/c1-22(2,3)20-29-27-18(33-20)13-34-21-30-28-19(14-8-10-17(32-4)11-9-14)31(21)16-7-5-6-15(12-16)23(24,25)26/h5-12H,13H2,1-4H3. The molecule has 0 aliphatic carbocycles. The van der Waals surface area contributed by atoms with Crippen LogP contribution in [0.4, 0.5) is 13.2 Å². The molecule has 0 atom stereocenters. The van der Waals surface area contributed by atoms with E-state index in [0.717, 1.165) is 12.1 Å². The average Bonchev–Trinajstić information content (AvgIpc) is 3.44. The van der Waals surface area contributed by atoms with Gasteiger partial charge in [0.05, 0.1) is 24.1 Å². The van der Waals surface area contributed by atoms with Crippen molar-refractivity contribution in [1.29, 1.82) is 0 Å². The molecule has 0 aliphatic heterocycles. The van der Waals surface area contributed by atoms with Crippen LogP contribution in [0.5, 0.6) is 5.75 Å². The van der Waals surface area contributed by atoms with Gasteiger partial charge in [-0.15, -0.1) is 20.4 Å². The van der Waals surface area contributed by atoms with Gasteiger partial charge in [0.2, 0.25) is 11.8 Å². The summed E-state index contributed by atoms with van der Waals surface area (Å²) in [5, 5.41) is 17.1. The molecule has 34 heavy (non-hydrogen) atoms. The third-order valence-electron chi connectivity index (χ3n) is 4.85. The summed E-state index contributed by atoms with van der Waals surface area (Å²) in [4.78, 5) is 0. The molecule has 0 spiro atoms. The Hall–Kier alpha value is -3.34. The van der Waals surface area contributed by atoms with E-state index in [1.165, 1.54) is 17.8 Å². The second kappa shape index (κ2) is 9.13. The predicted octanol–water partition coefficient (Wildman–Crippen LogP) is 5.93. The van der Waals surface area contributed by atoms with E-state index in [1.54, 1.807) is 42.0 Å². The highest BCUT2D eigenvalue weighted by Gasteiger charge is 2.31. The zero-order valence-electron chi connectivity index (χ0n) is 18.9. The summed E-state index contributed by atoms with van der Waals surface area (Å²) in [5.74, 6) is 2.21. The minimum absolute atomic E-state index is 0.281. The van der Waals surface area contributed by atoms with Crippen molar-refractivity contribution in [3.8, 4) is 22.8 Å². The molecule has 178 valence electrons. The molecule has 0 saturated heterocycles. The fourth-order valence-electron chi connectivity index (χ4n) is 3.09. The van der Waals surface area contributed by atoms with Crippen molar-refractivity contribution >= 4 is 11.8 Å². The number of nitrogens with zero attached hydrogens (tertiary/aromatic N) is 5. The molecule has 0 N–H and O–H groups in total. The molecule has 2 heterocycles. The number of hydrogen-bond acceptors (Lipinski definition) is 7. The molecule has 0 fully saturated rings. The topological polar surface area (TPSA) is 78.9 Å². The van der Waals surface area contributed by atoms with E-state index in [0.29, 0.717) is 34.1 Å². The summed E-state index contributed by atoms with van der Waals surface area (Å²) in [6, 6.07) is 12.1. The molecule has 7 nitrogen and oxygen atoms in total. The number of thioether (sulfide) groups is 1. The number of alkyl halides is 3. The van der Waals surface area contributed by atoms with Crippen molar-refractivity contribution in [2.45, 2.75) is 43.3 Å². The number of benzene rings is 2. The van der Waals surface area contributed by atoms with Gasteiger partial charge in [-0.2, -0.15) is 13.2 Å². The van der Waals surface area contributed by atoms with Crippen molar-refractivity contribution in [2.24, 2.45) is 0 Å². The van der Waals surface area contributed by atoms with Crippen LogP contribution in [0.3, 0.4) is 0 Å². The number of methoxy groups -OCH3 is 1. The molecular formula is C23H22F3N5O2S. The van der Waals surface area contributed by atoms with Crippen LogP contribution in [0.2, 0.25) is 0 Å². The van der Waals surface area contributed by atoms with Crippen molar-refractivity contribution in [1.82, 2.24) is 25.0 Å². The first-order valence-electron chi connectivity index (χ1n) is 10.3. The Morgan fingerprint density at radius 1 is 0.971 bits per heavy atom. The molecule has 0 saturated carbocycles. The monoisotopic (exact) mass is 489 g/mol. The first kappa shape index (κ1) is 23.8. The van der Waals surface area contributed by atoms with Crippen LogP contribution in [0.15, 0.2) is 58.1 Å². The highest BCUT2D eigenvalue weighted by atomic mass is 32.2. The van der Waals surface area contributed by atoms with Gasteiger partial charge in [-0.05, 0) is 42.5 Å². The van der Waals surface area contributed by atoms with E-state index in [2.05, 4.69) is 20.4 Å². The van der Waals surface area contributed by atoms with Gasteiger partial charge in [0, 0.05) is 11.0 Å². The maximum Gasteiger partial charge on any atom is 0.416 e. The first-order chi connectivity index (χ1) is 16.1. The minimum atomic E-state index is -4.48. The van der Waals surface area contributed by atoms with E-state index in [-0.39, 0.29) is 16.9 Å². The van der Waals surface area contributed by atoms with Gasteiger partial charge in [-0.25, -0.2) is 0 Å². The van der Waals surface area contributed by atoms with E-state index in [1.807, 2.05) is 20.8 Å². The molecule has 11 heteroatoms. The Kier molecular flexibility index (Phi) is 6.39. The lowest BCUT2D eigenvalue weighted by molar-refractivity contribution is -0.137. The Balaban J connectivity index is 1.73. The summed E-state index contributed by atoms with van der Waals surface area (Å²) in [6.45, 7) is 5.88. The average molecular weight is 490 g/mol. The third kappa shape index (κ3) is 5.09.